The fourth-order valence-electron chi connectivity index (χ4n) is 3.27. The monoisotopic (exact) mass is 383 g/mol. The number of nitrogens with one attached hydrogen (secondary N) is 1. The van der Waals surface area contributed by atoms with Crippen LogP contribution in [0.1, 0.15) is 41.2 Å². The molecule has 0 bridgehead atoms. The number of benzene rings is 1. The van der Waals surface area contributed by atoms with Crippen molar-refractivity contribution >= 4 is 33.3 Å². The first kappa shape index (κ1) is 17.3. The molecule has 3 N–H and O–H groups in total. The Kier molecular flexibility index (Phi) is 4.00. The number of rotatable bonds is 6. The van der Waals surface area contributed by atoms with Crippen LogP contribution in [0.4, 0.5) is 11.5 Å². The van der Waals surface area contributed by atoms with E-state index in [4.69, 9.17) is 11.0 Å². The van der Waals surface area contributed by atoms with Gasteiger partial charge in [0.05, 0.1) is 23.4 Å². The molecule has 27 heavy (non-hydrogen) atoms. The van der Waals surface area contributed by atoms with Gasteiger partial charge in [-0.1, -0.05) is 0 Å². The number of sulfone groups is 1. The molecule has 1 aromatic heterocycles. The number of amides is 1. The Bertz CT molecular complexity index is 1110. The second kappa shape index (κ2) is 6.25. The largest absolute Gasteiger partial charge is 0.365 e. The van der Waals surface area contributed by atoms with Gasteiger partial charge in [0.25, 0.3) is 5.91 Å². The highest BCUT2D eigenvalue weighted by molar-refractivity contribution is 7.94. The zero-order valence-corrected chi connectivity index (χ0v) is 15.1. The number of nitriles is 1. The Morgan fingerprint density at radius 1 is 1.44 bits per heavy atom. The summed E-state index contributed by atoms with van der Waals surface area (Å²) in [4.78, 5) is 12.1. The number of hydrogen-bond acceptors (Lipinski definition) is 6. The highest BCUT2D eigenvalue weighted by Gasteiger charge is 2.34. The molecule has 9 heteroatoms. The topological polar surface area (TPSA) is 131 Å². The molecule has 1 aliphatic heterocycles. The number of nitrogens with zero attached hydrogens (tertiary/aromatic N) is 3. The van der Waals surface area contributed by atoms with Gasteiger partial charge in [-0.2, -0.15) is 10.4 Å². The number of nitrogens with two attached hydrogens (primary N) is 1. The zero-order chi connectivity index (χ0) is 19.2. The van der Waals surface area contributed by atoms with Crippen LogP contribution >= 0.6 is 0 Å². The van der Waals surface area contributed by atoms with Crippen LogP contribution in [0.2, 0.25) is 0 Å². The second-order valence-electron chi connectivity index (χ2n) is 6.73. The van der Waals surface area contributed by atoms with E-state index in [0.29, 0.717) is 23.6 Å². The molecular weight excluding hydrogens is 366 g/mol. The Hall–Kier alpha value is -3.12. The molecule has 0 radical (unpaired) electrons. The van der Waals surface area contributed by atoms with E-state index in [2.05, 4.69) is 16.5 Å². The van der Waals surface area contributed by atoms with Gasteiger partial charge in [-0.05, 0) is 48.6 Å². The molecule has 0 spiro atoms. The van der Waals surface area contributed by atoms with Gasteiger partial charge in [0.2, 0.25) is 0 Å². The summed E-state index contributed by atoms with van der Waals surface area (Å²) in [6.45, 7) is 0. The fourth-order valence-corrected chi connectivity index (χ4v) is 4.46. The quantitative estimate of drug-likeness (QED) is 0.787. The second-order valence-corrected chi connectivity index (χ2v) is 8.53. The molecule has 2 aliphatic rings. The minimum Gasteiger partial charge on any atom is -0.365 e. The lowest BCUT2D eigenvalue weighted by atomic mass is 10.1. The smallest absolute Gasteiger partial charge is 0.254 e. The summed E-state index contributed by atoms with van der Waals surface area (Å²) >= 11 is 0. The lowest BCUT2D eigenvalue weighted by Gasteiger charge is -2.12. The van der Waals surface area contributed by atoms with Crippen molar-refractivity contribution < 1.29 is 13.2 Å². The lowest BCUT2D eigenvalue weighted by molar-refractivity contribution is 0.100. The van der Waals surface area contributed by atoms with Crippen molar-refractivity contribution in [3.63, 3.8) is 0 Å². The molecule has 2 aromatic rings. The van der Waals surface area contributed by atoms with E-state index in [1.807, 2.05) is 0 Å². The van der Waals surface area contributed by atoms with E-state index in [0.717, 1.165) is 18.2 Å². The number of hydrogen-bond donors (Lipinski definition) is 2. The van der Waals surface area contributed by atoms with Crippen molar-refractivity contribution in [1.82, 2.24) is 9.78 Å². The molecule has 1 amide bonds. The van der Waals surface area contributed by atoms with Crippen LogP contribution in [0.5, 0.6) is 0 Å². The molecular formula is C18H17N5O3S. The molecule has 138 valence electrons. The third kappa shape index (κ3) is 3.19. The summed E-state index contributed by atoms with van der Waals surface area (Å²) in [5.74, 6) is 0.0447. The molecule has 1 aliphatic carbocycles. The van der Waals surface area contributed by atoms with Gasteiger partial charge in [-0.25, -0.2) is 8.42 Å². The van der Waals surface area contributed by atoms with Crippen molar-refractivity contribution in [2.24, 2.45) is 11.7 Å². The molecule has 0 saturated heterocycles. The minimum absolute atomic E-state index is 0.0863. The van der Waals surface area contributed by atoms with E-state index in [9.17, 15) is 13.2 Å². The first-order valence-electron chi connectivity index (χ1n) is 8.49. The Morgan fingerprint density at radius 2 is 2.22 bits per heavy atom. The molecule has 1 saturated carbocycles. The summed E-state index contributed by atoms with van der Waals surface area (Å²) in [5, 5.41) is 17.7. The van der Waals surface area contributed by atoms with Crippen LogP contribution in [0, 0.1) is 17.2 Å². The molecule has 2 heterocycles. The average Bonchev–Trinajstić information content (AvgIpc) is 3.30. The summed E-state index contributed by atoms with van der Waals surface area (Å²) in [5.41, 5.74) is 6.87. The van der Waals surface area contributed by atoms with E-state index < -0.39 is 15.7 Å². The van der Waals surface area contributed by atoms with Crippen LogP contribution in [0.3, 0.4) is 0 Å². The maximum atomic E-state index is 11.9. The first-order chi connectivity index (χ1) is 12.9. The Morgan fingerprint density at radius 3 is 2.89 bits per heavy atom. The molecule has 1 fully saturated rings. The number of anilines is 2. The summed E-state index contributed by atoms with van der Waals surface area (Å²) in [6, 6.07) is 6.88. The molecule has 1 aromatic carbocycles. The first-order valence-corrected chi connectivity index (χ1v) is 10.0. The summed E-state index contributed by atoms with van der Waals surface area (Å²) < 4.78 is 25.4. The van der Waals surface area contributed by atoms with Crippen LogP contribution in [0.25, 0.3) is 6.08 Å². The van der Waals surface area contributed by atoms with E-state index >= 15 is 0 Å². The maximum Gasteiger partial charge on any atom is 0.254 e. The number of carbonyl (C=O) groups excluding carboxylic acids is 1. The van der Waals surface area contributed by atoms with Crippen molar-refractivity contribution in [2.75, 3.05) is 5.32 Å². The van der Waals surface area contributed by atoms with Gasteiger partial charge in [0.1, 0.15) is 5.56 Å². The highest BCUT2D eigenvalue weighted by Crippen LogP contribution is 2.41. The van der Waals surface area contributed by atoms with Crippen molar-refractivity contribution in [1.29, 1.82) is 5.26 Å². The normalized spacial score (nSPS) is 17.9. The Balaban J connectivity index is 1.67. The van der Waals surface area contributed by atoms with E-state index in [-0.39, 0.29) is 22.3 Å². The van der Waals surface area contributed by atoms with Crippen molar-refractivity contribution in [3.8, 4) is 6.07 Å². The van der Waals surface area contributed by atoms with E-state index in [1.165, 1.54) is 12.1 Å². The molecule has 1 unspecified atom stereocenters. The maximum absolute atomic E-state index is 11.9. The van der Waals surface area contributed by atoms with Crippen LogP contribution in [-0.4, -0.2) is 24.1 Å². The number of aromatic nitrogens is 2. The van der Waals surface area contributed by atoms with Crippen LogP contribution < -0.4 is 11.1 Å². The van der Waals surface area contributed by atoms with Gasteiger partial charge in [0, 0.05) is 17.3 Å². The lowest BCUT2D eigenvalue weighted by Crippen LogP contribution is -2.12. The highest BCUT2D eigenvalue weighted by atomic mass is 32.2. The molecule has 1 atom stereocenters. The number of fused-ring (bicyclic) bond motifs is 1. The predicted octanol–water partition coefficient (Wildman–Crippen LogP) is 2.35. The standard InChI is InChI=1S/C18H17N5O3S/c19-7-5-15(11-1-2-11)23-10-14(17(20)24)18(22-23)21-13-3-4-16-12(9-13)6-8-27(16,25)26/h3-4,6,8-11,15H,1-2,5H2,(H2,20,24)(H,21,22). The Labute approximate surface area is 156 Å². The number of primary amides is 1. The van der Waals surface area contributed by atoms with Gasteiger partial charge in [-0.15, -0.1) is 0 Å². The van der Waals surface area contributed by atoms with Gasteiger partial charge >= 0.3 is 0 Å². The summed E-state index contributed by atoms with van der Waals surface area (Å²) in [7, 11) is -3.37. The van der Waals surface area contributed by atoms with Gasteiger partial charge in [0.15, 0.2) is 15.7 Å². The fraction of sp³-hybridized carbons (Fsp3) is 0.278. The number of carbonyl (C=O) groups is 1. The summed E-state index contributed by atoms with van der Waals surface area (Å²) in [6.07, 6.45) is 5.48. The predicted molar refractivity (Wildman–Crippen MR) is 98.7 cm³/mol. The van der Waals surface area contributed by atoms with Crippen LogP contribution in [0.15, 0.2) is 34.7 Å². The minimum atomic E-state index is -3.37. The average molecular weight is 383 g/mol. The SMILES string of the molecule is N#CCC(C1CC1)n1cc(C(N)=O)c(Nc2ccc3c(c2)C=CS3(=O)=O)n1. The van der Waals surface area contributed by atoms with Gasteiger partial charge in [-0.3, -0.25) is 9.48 Å². The molecule has 8 nitrogen and oxygen atoms in total. The van der Waals surface area contributed by atoms with E-state index in [1.54, 1.807) is 23.0 Å². The third-order valence-corrected chi connectivity index (χ3v) is 6.29. The van der Waals surface area contributed by atoms with Gasteiger partial charge < -0.3 is 11.1 Å². The van der Waals surface area contributed by atoms with Crippen LogP contribution in [-0.2, 0) is 9.84 Å². The van der Waals surface area contributed by atoms with Crippen molar-refractivity contribution in [3.05, 3.63) is 40.9 Å². The van der Waals surface area contributed by atoms with Crippen molar-refractivity contribution in [2.45, 2.75) is 30.2 Å². The third-order valence-electron chi connectivity index (χ3n) is 4.81. The zero-order valence-electron chi connectivity index (χ0n) is 14.3. The molecule has 4 rings (SSSR count).